The minimum Gasteiger partial charge on any atom is -0.566 e. The van der Waals surface area contributed by atoms with Crippen LogP contribution in [-0.2, 0) is 9.09 Å². The van der Waals surface area contributed by atoms with E-state index in [9.17, 15) is 9.46 Å². The summed E-state index contributed by atoms with van der Waals surface area (Å²) in [6.07, 6.45) is 20.1. The average molecular weight is 410 g/mol. The topological polar surface area (TPSA) is 49.4 Å². The maximum atomic E-state index is 9.95. The maximum absolute atomic E-state index is 9.95. The molecule has 0 aliphatic rings. The van der Waals surface area contributed by atoms with E-state index in [0.29, 0.717) is 6.61 Å². The molecule has 26 heavy (non-hydrogen) atoms. The predicted molar refractivity (Wildman–Crippen MR) is 119 cm³/mol. The maximum Gasteiger partial charge on any atom is 0.488 e. The van der Waals surface area contributed by atoms with Crippen molar-refractivity contribution < 1.29 is 14.0 Å². The van der Waals surface area contributed by atoms with E-state index in [4.69, 9.17) is 0 Å². The summed E-state index contributed by atoms with van der Waals surface area (Å²) in [6.45, 7) is 12.1. The van der Waals surface area contributed by atoms with Gasteiger partial charge in [-0.3, -0.25) is 0 Å². The van der Waals surface area contributed by atoms with Crippen LogP contribution >= 0.6 is 15.5 Å². The summed E-state index contributed by atoms with van der Waals surface area (Å²) < 4.78 is 14.4. The Morgan fingerprint density at radius 2 is 1.08 bits per heavy atom. The Balaban J connectivity index is 0. The van der Waals surface area contributed by atoms with Crippen molar-refractivity contribution in [3.63, 3.8) is 0 Å². The molecule has 158 valence electrons. The fraction of sp³-hybridized carbons (Fsp3) is 1.00. The lowest BCUT2D eigenvalue weighted by Crippen LogP contribution is -2.07. The van der Waals surface area contributed by atoms with Gasteiger partial charge in [-0.1, -0.05) is 79.1 Å². The van der Waals surface area contributed by atoms with Gasteiger partial charge < -0.3 is 4.89 Å². The van der Waals surface area contributed by atoms with Gasteiger partial charge in [-0.25, -0.2) is 0 Å². The lowest BCUT2D eigenvalue weighted by atomic mass is 10.1. The molecule has 0 rings (SSSR count). The van der Waals surface area contributed by atoms with Crippen LogP contribution in [0.15, 0.2) is 0 Å². The highest BCUT2D eigenvalue weighted by molar-refractivity contribution is 7.75. The van der Waals surface area contributed by atoms with E-state index in [0.717, 1.165) is 12.8 Å². The zero-order chi connectivity index (χ0) is 20.1. The molecule has 0 amide bonds. The lowest BCUT2D eigenvalue weighted by Gasteiger charge is -2.22. The molecule has 0 bridgehead atoms. The summed E-state index contributed by atoms with van der Waals surface area (Å²) in [4.78, 5) is 9.95. The van der Waals surface area contributed by atoms with Gasteiger partial charge in [0, 0.05) is 13.9 Å². The highest BCUT2D eigenvalue weighted by atomic mass is 31.2. The first kappa shape index (κ1) is 28.7. The molecule has 0 fully saturated rings. The fourth-order valence-corrected chi connectivity index (χ4v) is 7.16. The van der Waals surface area contributed by atoms with Crippen LogP contribution < -0.4 is 4.89 Å². The van der Waals surface area contributed by atoms with E-state index >= 15 is 0 Å². The normalized spacial score (nSPS) is 11.8. The molecule has 0 heterocycles. The van der Waals surface area contributed by atoms with Crippen LogP contribution in [0, 0.1) is 0 Å². The van der Waals surface area contributed by atoms with Gasteiger partial charge in [0.15, 0.2) is 0 Å². The van der Waals surface area contributed by atoms with E-state index in [-0.39, 0.29) is 0 Å². The van der Waals surface area contributed by atoms with E-state index in [1.54, 1.807) is 18.5 Å². The van der Waals surface area contributed by atoms with Crippen LogP contribution in [-0.4, -0.2) is 31.8 Å². The minimum atomic E-state index is -2.63. The van der Waals surface area contributed by atoms with Crippen LogP contribution in [0.3, 0.4) is 0 Å². The van der Waals surface area contributed by atoms with Gasteiger partial charge in [-0.05, 0) is 30.2 Å². The van der Waals surface area contributed by atoms with Crippen LogP contribution in [0.4, 0.5) is 0 Å². The van der Waals surface area contributed by atoms with Crippen molar-refractivity contribution in [2.75, 3.05) is 31.8 Å². The van der Waals surface area contributed by atoms with Crippen molar-refractivity contribution in [1.82, 2.24) is 0 Å². The van der Waals surface area contributed by atoms with Gasteiger partial charge in [0.05, 0.1) is 18.5 Å². The second kappa shape index (κ2) is 21.7. The summed E-state index contributed by atoms with van der Waals surface area (Å²) in [5.74, 6) is 0. The van der Waals surface area contributed by atoms with Crippen molar-refractivity contribution in [1.29, 1.82) is 0 Å². The largest absolute Gasteiger partial charge is 0.566 e. The fourth-order valence-electron chi connectivity index (χ4n) is 2.98. The molecule has 1 atom stereocenters. The molecular formula is C21H47O3P2+. The van der Waals surface area contributed by atoms with Crippen molar-refractivity contribution in [2.24, 2.45) is 0 Å². The second-order valence-electron chi connectivity index (χ2n) is 7.68. The number of unbranched alkanes of at least 4 members (excludes halogenated alkanes) is 8. The summed E-state index contributed by atoms with van der Waals surface area (Å²) in [6, 6.07) is 0. The molecule has 0 saturated carbocycles. The zero-order valence-corrected chi connectivity index (χ0v) is 20.2. The first-order valence-corrected chi connectivity index (χ1v) is 14.9. The quantitative estimate of drug-likeness (QED) is 0.185. The van der Waals surface area contributed by atoms with Crippen molar-refractivity contribution in [2.45, 2.75) is 105 Å². The standard InChI is InChI=1S/C13H30P.C8H17O3P/c1-5-8-11-14(4,12-9-6-2)13-10-7-3;1-2-3-4-5-6-7-8-11-12(9)10/h5-13H2,1-4H3;2-8H2,1H3/q+1;. The predicted octanol–water partition coefficient (Wildman–Crippen LogP) is 7.42. The highest BCUT2D eigenvalue weighted by Crippen LogP contribution is 2.57. The van der Waals surface area contributed by atoms with Crippen molar-refractivity contribution in [3.8, 4) is 0 Å². The van der Waals surface area contributed by atoms with E-state index in [1.165, 1.54) is 64.2 Å². The highest BCUT2D eigenvalue weighted by Gasteiger charge is 2.28. The molecular weight excluding hydrogens is 362 g/mol. The van der Waals surface area contributed by atoms with Crippen LogP contribution in [0.1, 0.15) is 105 Å². The Morgan fingerprint density at radius 3 is 1.46 bits per heavy atom. The molecule has 0 aromatic carbocycles. The third-order valence-electron chi connectivity index (χ3n) is 4.85. The van der Waals surface area contributed by atoms with Gasteiger partial charge >= 0.3 is 8.25 Å². The zero-order valence-electron chi connectivity index (χ0n) is 18.4. The summed E-state index contributed by atoms with van der Waals surface area (Å²) in [5.41, 5.74) is 0. The van der Waals surface area contributed by atoms with Crippen molar-refractivity contribution in [3.05, 3.63) is 0 Å². The third-order valence-corrected chi connectivity index (χ3v) is 9.43. The molecule has 0 radical (unpaired) electrons. The molecule has 0 N–H and O–H groups in total. The average Bonchev–Trinajstić information content (AvgIpc) is 2.63. The Hall–Kier alpha value is 0.450. The second-order valence-corrected chi connectivity index (χ2v) is 13.0. The first-order valence-electron chi connectivity index (χ1n) is 11.1. The summed E-state index contributed by atoms with van der Waals surface area (Å²) in [7, 11) is -3.15. The Labute approximate surface area is 166 Å². The first-order chi connectivity index (χ1) is 12.5. The molecule has 5 heteroatoms. The number of hydrogen-bond donors (Lipinski definition) is 0. The molecule has 1 unspecified atom stereocenters. The smallest absolute Gasteiger partial charge is 0.488 e. The molecule has 0 spiro atoms. The van der Waals surface area contributed by atoms with Crippen molar-refractivity contribution >= 4 is 15.5 Å². The van der Waals surface area contributed by atoms with Crippen LogP contribution in [0.5, 0.6) is 0 Å². The Bertz CT molecular complexity index is 277. The summed E-state index contributed by atoms with van der Waals surface area (Å²) >= 11 is 0. The van der Waals surface area contributed by atoms with Gasteiger partial charge in [-0.2, -0.15) is 0 Å². The van der Waals surface area contributed by atoms with Crippen LogP contribution in [0.2, 0.25) is 0 Å². The van der Waals surface area contributed by atoms with E-state index in [2.05, 4.69) is 38.9 Å². The molecule has 0 aromatic rings. The van der Waals surface area contributed by atoms with Gasteiger partial charge in [-0.15, -0.1) is 4.52 Å². The van der Waals surface area contributed by atoms with E-state index < -0.39 is 15.5 Å². The SMILES string of the molecule is CCCCCCCCO[P+](=O)[O-].CCCC[P+](C)(CCCC)CCCC. The van der Waals surface area contributed by atoms with Gasteiger partial charge in [0.25, 0.3) is 0 Å². The minimum absolute atomic E-state index is 0.352. The van der Waals surface area contributed by atoms with E-state index in [1.807, 2.05) is 0 Å². The molecule has 0 saturated heterocycles. The molecule has 3 nitrogen and oxygen atoms in total. The molecule has 0 aromatic heterocycles. The molecule has 0 aliphatic carbocycles. The molecule has 0 aliphatic heterocycles. The number of hydrogen-bond acceptors (Lipinski definition) is 3. The lowest BCUT2D eigenvalue weighted by molar-refractivity contribution is -0.185. The number of rotatable bonds is 17. The Kier molecular flexibility index (Phi) is 24.0. The van der Waals surface area contributed by atoms with Gasteiger partial charge in [0.2, 0.25) is 0 Å². The van der Waals surface area contributed by atoms with Gasteiger partial charge in [0.1, 0.15) is 6.61 Å². The third kappa shape index (κ3) is 22.5. The van der Waals surface area contributed by atoms with Crippen LogP contribution in [0.25, 0.3) is 0 Å². The Morgan fingerprint density at radius 1 is 0.692 bits per heavy atom. The monoisotopic (exact) mass is 409 g/mol. The summed E-state index contributed by atoms with van der Waals surface area (Å²) in [5, 5.41) is 0.